The molecule has 1 atom stereocenters. The molecule has 0 radical (unpaired) electrons. The number of rotatable bonds is 5. The molecule has 8 nitrogen and oxygen atoms in total. The van der Waals surface area contributed by atoms with Gasteiger partial charge in [-0.15, -0.1) is 5.10 Å². The molecule has 2 heterocycles. The zero-order valence-corrected chi connectivity index (χ0v) is 16.7. The van der Waals surface area contributed by atoms with Crippen molar-refractivity contribution < 1.29 is 14.3 Å². The van der Waals surface area contributed by atoms with Gasteiger partial charge in [0, 0.05) is 10.6 Å². The highest BCUT2D eigenvalue weighted by molar-refractivity contribution is 6.36. The van der Waals surface area contributed by atoms with Crippen LogP contribution in [-0.2, 0) is 9.59 Å². The van der Waals surface area contributed by atoms with E-state index in [0.29, 0.717) is 33.3 Å². The van der Waals surface area contributed by atoms with E-state index in [-0.39, 0.29) is 18.2 Å². The van der Waals surface area contributed by atoms with E-state index in [1.54, 1.807) is 31.4 Å². The van der Waals surface area contributed by atoms with Crippen LogP contribution in [0.2, 0.25) is 10.0 Å². The largest absolute Gasteiger partial charge is 0.497 e. The maximum atomic E-state index is 12.5. The fourth-order valence-electron chi connectivity index (χ4n) is 2.94. The molecule has 4 rings (SSSR count). The van der Waals surface area contributed by atoms with E-state index in [9.17, 15) is 9.59 Å². The summed E-state index contributed by atoms with van der Waals surface area (Å²) < 4.78 is 6.56. The average molecular weight is 432 g/mol. The van der Waals surface area contributed by atoms with Gasteiger partial charge in [-0.3, -0.25) is 14.9 Å². The van der Waals surface area contributed by atoms with Crippen LogP contribution in [0.15, 0.2) is 42.5 Å². The van der Waals surface area contributed by atoms with E-state index < -0.39 is 6.04 Å². The monoisotopic (exact) mass is 431 g/mol. The molecular formula is C19H15Cl2N5O3. The second kappa shape index (κ2) is 7.73. The summed E-state index contributed by atoms with van der Waals surface area (Å²) in [5, 5.41) is 10.5. The Labute approximate surface area is 175 Å². The topological polar surface area (TPSA) is 98.1 Å². The van der Waals surface area contributed by atoms with E-state index in [0.717, 1.165) is 5.56 Å². The van der Waals surface area contributed by atoms with Gasteiger partial charge in [0.25, 0.3) is 5.91 Å². The number of methoxy groups -OCH3 is 1. The molecule has 0 spiro atoms. The third-order valence-electron chi connectivity index (χ3n) is 4.40. The summed E-state index contributed by atoms with van der Waals surface area (Å²) in [6, 6.07) is 11.1. The number of fused-ring (bicyclic) bond motifs is 1. The maximum Gasteiger partial charge on any atom is 0.252 e. The molecular weight excluding hydrogens is 417 g/mol. The SMILES string of the molecule is COc1ccc(-c2nc3n(n2)C(CC(=O)Nc2ccc(Cl)cc2Cl)C(=O)N3)cc1. The molecule has 1 aliphatic heterocycles. The summed E-state index contributed by atoms with van der Waals surface area (Å²) in [4.78, 5) is 29.1. The molecule has 1 unspecified atom stereocenters. The zero-order chi connectivity index (χ0) is 20.5. The quantitative estimate of drug-likeness (QED) is 0.640. The molecule has 0 fully saturated rings. The Morgan fingerprint density at radius 2 is 2.00 bits per heavy atom. The number of ether oxygens (including phenoxy) is 1. The number of amides is 2. The summed E-state index contributed by atoms with van der Waals surface area (Å²) >= 11 is 11.9. The lowest BCUT2D eigenvalue weighted by Crippen LogP contribution is -2.23. The summed E-state index contributed by atoms with van der Waals surface area (Å²) in [6.45, 7) is 0. The molecule has 1 aliphatic rings. The van der Waals surface area contributed by atoms with Gasteiger partial charge in [0.15, 0.2) is 5.82 Å². The van der Waals surface area contributed by atoms with Gasteiger partial charge in [0.1, 0.15) is 11.8 Å². The predicted molar refractivity (Wildman–Crippen MR) is 109 cm³/mol. The number of carbonyl (C=O) groups is 2. The van der Waals surface area contributed by atoms with Crippen LogP contribution >= 0.6 is 23.2 Å². The Morgan fingerprint density at radius 1 is 1.24 bits per heavy atom. The molecule has 0 bridgehead atoms. The normalized spacial score (nSPS) is 15.0. The molecule has 2 amide bonds. The Kier molecular flexibility index (Phi) is 5.12. The molecule has 0 saturated carbocycles. The lowest BCUT2D eigenvalue weighted by Gasteiger charge is -2.11. The smallest absolute Gasteiger partial charge is 0.252 e. The maximum absolute atomic E-state index is 12.5. The first kappa shape index (κ1) is 19.2. The summed E-state index contributed by atoms with van der Waals surface area (Å²) in [5.74, 6) is 0.712. The minimum Gasteiger partial charge on any atom is -0.497 e. The summed E-state index contributed by atoms with van der Waals surface area (Å²) in [6.07, 6.45) is -0.122. The number of nitrogens with one attached hydrogen (secondary N) is 2. The van der Waals surface area contributed by atoms with Gasteiger partial charge < -0.3 is 10.1 Å². The highest BCUT2D eigenvalue weighted by atomic mass is 35.5. The van der Waals surface area contributed by atoms with Crippen LogP contribution in [0.3, 0.4) is 0 Å². The van der Waals surface area contributed by atoms with Crippen molar-refractivity contribution in [1.82, 2.24) is 14.8 Å². The minimum absolute atomic E-state index is 0.122. The highest BCUT2D eigenvalue weighted by Gasteiger charge is 2.35. The van der Waals surface area contributed by atoms with Crippen molar-refractivity contribution in [3.63, 3.8) is 0 Å². The van der Waals surface area contributed by atoms with Crippen molar-refractivity contribution >= 4 is 46.7 Å². The number of carbonyl (C=O) groups excluding carboxylic acids is 2. The molecule has 2 N–H and O–H groups in total. The van der Waals surface area contributed by atoms with Crippen molar-refractivity contribution in [2.75, 3.05) is 17.7 Å². The standard InChI is InChI=1S/C19H15Cl2N5O3/c1-29-12-5-2-10(3-6-12)17-23-19-24-18(28)15(26(19)25-17)9-16(27)22-14-7-4-11(20)8-13(14)21/h2-8,15H,9H2,1H3,(H,22,27)(H,23,24,25,28). The van der Waals surface area contributed by atoms with Crippen molar-refractivity contribution in [3.8, 4) is 17.1 Å². The van der Waals surface area contributed by atoms with E-state index in [4.69, 9.17) is 27.9 Å². The Hall–Kier alpha value is -3.10. The Bertz CT molecular complexity index is 1100. The lowest BCUT2D eigenvalue weighted by atomic mass is 10.2. The van der Waals surface area contributed by atoms with Crippen LogP contribution in [-0.4, -0.2) is 33.7 Å². The minimum atomic E-state index is -0.810. The van der Waals surface area contributed by atoms with Gasteiger partial charge in [0.2, 0.25) is 11.9 Å². The average Bonchev–Trinajstić information content (AvgIpc) is 3.23. The second-order valence-corrected chi connectivity index (χ2v) is 7.16. The second-order valence-electron chi connectivity index (χ2n) is 6.31. The van der Waals surface area contributed by atoms with Crippen molar-refractivity contribution in [3.05, 3.63) is 52.5 Å². The molecule has 1 aromatic heterocycles. The van der Waals surface area contributed by atoms with E-state index in [1.165, 1.54) is 10.7 Å². The summed E-state index contributed by atoms with van der Waals surface area (Å²) in [7, 11) is 1.58. The first-order valence-electron chi connectivity index (χ1n) is 8.61. The lowest BCUT2D eigenvalue weighted by molar-refractivity contribution is -0.123. The van der Waals surface area contributed by atoms with Crippen LogP contribution in [0.25, 0.3) is 11.4 Å². The summed E-state index contributed by atoms with van der Waals surface area (Å²) in [5.41, 5.74) is 1.18. The van der Waals surface area contributed by atoms with E-state index in [2.05, 4.69) is 20.7 Å². The molecule has 10 heteroatoms. The Balaban J connectivity index is 1.51. The first-order valence-corrected chi connectivity index (χ1v) is 9.37. The van der Waals surface area contributed by atoms with Crippen LogP contribution in [0.4, 0.5) is 11.6 Å². The third-order valence-corrected chi connectivity index (χ3v) is 4.94. The van der Waals surface area contributed by atoms with Gasteiger partial charge in [-0.25, -0.2) is 4.68 Å². The molecule has 0 saturated heterocycles. The molecule has 3 aromatic rings. The van der Waals surface area contributed by atoms with Crippen LogP contribution in [0.1, 0.15) is 12.5 Å². The van der Waals surface area contributed by atoms with Crippen LogP contribution in [0, 0.1) is 0 Å². The number of benzene rings is 2. The number of hydrogen-bond donors (Lipinski definition) is 2. The Morgan fingerprint density at radius 3 is 2.69 bits per heavy atom. The van der Waals surface area contributed by atoms with Crippen molar-refractivity contribution in [2.24, 2.45) is 0 Å². The number of hydrogen-bond acceptors (Lipinski definition) is 5. The predicted octanol–water partition coefficient (Wildman–Crippen LogP) is 3.78. The van der Waals surface area contributed by atoms with Crippen LogP contribution < -0.4 is 15.4 Å². The molecule has 29 heavy (non-hydrogen) atoms. The van der Waals surface area contributed by atoms with Gasteiger partial charge in [-0.2, -0.15) is 4.98 Å². The molecule has 2 aromatic carbocycles. The van der Waals surface area contributed by atoms with Crippen molar-refractivity contribution in [2.45, 2.75) is 12.5 Å². The highest BCUT2D eigenvalue weighted by Crippen LogP contribution is 2.30. The number of aromatic nitrogens is 3. The first-order chi connectivity index (χ1) is 13.9. The number of halogens is 2. The van der Waals surface area contributed by atoms with Gasteiger partial charge in [-0.1, -0.05) is 23.2 Å². The van der Waals surface area contributed by atoms with Gasteiger partial charge >= 0.3 is 0 Å². The number of nitrogens with zero attached hydrogens (tertiary/aromatic N) is 3. The third kappa shape index (κ3) is 3.90. The van der Waals surface area contributed by atoms with E-state index >= 15 is 0 Å². The van der Waals surface area contributed by atoms with E-state index in [1.807, 2.05) is 12.1 Å². The fourth-order valence-corrected chi connectivity index (χ4v) is 3.40. The van der Waals surface area contributed by atoms with Gasteiger partial charge in [0.05, 0.1) is 24.2 Å². The molecule has 0 aliphatic carbocycles. The fraction of sp³-hybridized carbons (Fsp3) is 0.158. The molecule has 148 valence electrons. The number of anilines is 2. The van der Waals surface area contributed by atoms with Crippen LogP contribution in [0.5, 0.6) is 5.75 Å². The van der Waals surface area contributed by atoms with Gasteiger partial charge in [-0.05, 0) is 42.5 Å². The zero-order valence-electron chi connectivity index (χ0n) is 15.1. The van der Waals surface area contributed by atoms with Crippen molar-refractivity contribution in [1.29, 1.82) is 0 Å².